The fraction of sp³-hybridized carbons (Fsp3) is 0.278. The summed E-state index contributed by atoms with van der Waals surface area (Å²) in [5.74, 6) is 0.622. The van der Waals surface area contributed by atoms with E-state index in [4.69, 9.17) is 4.74 Å². The van der Waals surface area contributed by atoms with Crippen LogP contribution in [0.2, 0.25) is 0 Å². The molecule has 1 atom stereocenters. The van der Waals surface area contributed by atoms with E-state index in [9.17, 15) is 9.90 Å². The number of methoxy groups -OCH3 is 1. The lowest BCUT2D eigenvalue weighted by Crippen LogP contribution is -2.39. The molecule has 1 unspecified atom stereocenters. The third-order valence-corrected chi connectivity index (χ3v) is 3.41. The van der Waals surface area contributed by atoms with E-state index in [1.165, 1.54) is 0 Å². The number of rotatable bonds is 7. The summed E-state index contributed by atoms with van der Waals surface area (Å²) < 4.78 is 5.15. The Bertz CT molecular complexity index is 598. The number of aliphatic hydroxyl groups is 1. The molecule has 116 valence electrons. The van der Waals surface area contributed by atoms with E-state index in [1.54, 1.807) is 7.11 Å². The monoisotopic (exact) mass is 299 g/mol. The maximum atomic E-state index is 12.1. The predicted molar refractivity (Wildman–Crippen MR) is 85.9 cm³/mol. The summed E-state index contributed by atoms with van der Waals surface area (Å²) in [6.45, 7) is -0.0846. The van der Waals surface area contributed by atoms with Gasteiger partial charge < -0.3 is 15.2 Å². The van der Waals surface area contributed by atoms with Gasteiger partial charge in [-0.15, -0.1) is 0 Å². The van der Waals surface area contributed by atoms with Gasteiger partial charge in [0.2, 0.25) is 5.91 Å². The molecule has 1 amide bonds. The molecule has 0 fully saturated rings. The van der Waals surface area contributed by atoms with Crippen molar-refractivity contribution in [1.29, 1.82) is 0 Å². The van der Waals surface area contributed by atoms with Gasteiger partial charge >= 0.3 is 0 Å². The van der Waals surface area contributed by atoms with Crippen LogP contribution in [0.1, 0.15) is 11.1 Å². The van der Waals surface area contributed by atoms with Crippen LogP contribution in [0, 0.1) is 0 Å². The number of nitrogens with one attached hydrogen (secondary N) is 1. The van der Waals surface area contributed by atoms with Crippen LogP contribution in [0.15, 0.2) is 54.6 Å². The third kappa shape index (κ3) is 4.90. The molecular weight excluding hydrogens is 278 g/mol. The molecule has 0 aromatic heterocycles. The molecule has 2 aromatic carbocycles. The fourth-order valence-corrected chi connectivity index (χ4v) is 2.31. The molecule has 0 heterocycles. The number of hydrogen-bond donors (Lipinski definition) is 2. The highest BCUT2D eigenvalue weighted by molar-refractivity contribution is 5.79. The normalized spacial score (nSPS) is 11.7. The summed E-state index contributed by atoms with van der Waals surface area (Å²) in [5.41, 5.74) is 1.97. The number of benzene rings is 2. The molecule has 2 rings (SSSR count). The van der Waals surface area contributed by atoms with Gasteiger partial charge in [0.25, 0.3) is 0 Å². The Kier molecular flexibility index (Phi) is 5.98. The summed E-state index contributed by atoms with van der Waals surface area (Å²) in [6, 6.07) is 16.9. The fourth-order valence-electron chi connectivity index (χ4n) is 2.31. The topological polar surface area (TPSA) is 58.6 Å². The van der Waals surface area contributed by atoms with Gasteiger partial charge in [0, 0.05) is 0 Å². The van der Waals surface area contributed by atoms with Crippen molar-refractivity contribution in [3.8, 4) is 5.75 Å². The van der Waals surface area contributed by atoms with Crippen LogP contribution in [0.4, 0.5) is 0 Å². The van der Waals surface area contributed by atoms with Gasteiger partial charge in [0.15, 0.2) is 0 Å². The van der Waals surface area contributed by atoms with Crippen LogP contribution in [-0.4, -0.2) is 30.8 Å². The Morgan fingerprint density at radius 1 is 1.14 bits per heavy atom. The molecule has 22 heavy (non-hydrogen) atoms. The first-order valence-electron chi connectivity index (χ1n) is 7.28. The highest BCUT2D eigenvalue weighted by Gasteiger charge is 2.12. The Morgan fingerprint density at radius 3 is 2.55 bits per heavy atom. The van der Waals surface area contributed by atoms with E-state index >= 15 is 0 Å². The van der Waals surface area contributed by atoms with Gasteiger partial charge in [-0.1, -0.05) is 42.5 Å². The quantitative estimate of drug-likeness (QED) is 0.821. The molecule has 0 spiro atoms. The van der Waals surface area contributed by atoms with Crippen molar-refractivity contribution in [2.75, 3.05) is 13.7 Å². The number of amides is 1. The summed E-state index contributed by atoms with van der Waals surface area (Å²) in [6.07, 6.45) is 0.879. The minimum atomic E-state index is -0.277. The van der Waals surface area contributed by atoms with E-state index in [1.807, 2.05) is 54.6 Å². The first-order valence-corrected chi connectivity index (χ1v) is 7.28. The summed E-state index contributed by atoms with van der Waals surface area (Å²) in [4.78, 5) is 12.1. The van der Waals surface area contributed by atoms with Crippen LogP contribution < -0.4 is 10.1 Å². The molecule has 0 aliphatic carbocycles. The Labute approximate surface area is 130 Å². The standard InChI is InChI=1S/C18H21NO3/c1-22-17-9-5-8-15(11-17)12-18(21)19-16(13-20)10-14-6-3-2-4-7-14/h2-9,11,16,20H,10,12-13H2,1H3,(H,19,21). The van der Waals surface area contributed by atoms with E-state index in [2.05, 4.69) is 5.32 Å². The van der Waals surface area contributed by atoms with Crippen LogP contribution in [0.3, 0.4) is 0 Å². The third-order valence-electron chi connectivity index (χ3n) is 3.41. The summed E-state index contributed by atoms with van der Waals surface area (Å²) in [5, 5.41) is 12.3. The molecule has 4 nitrogen and oxygen atoms in total. The average Bonchev–Trinajstić information content (AvgIpc) is 2.55. The maximum Gasteiger partial charge on any atom is 0.224 e. The predicted octanol–water partition coefficient (Wildman–Crippen LogP) is 1.96. The average molecular weight is 299 g/mol. The number of carbonyl (C=O) groups is 1. The minimum Gasteiger partial charge on any atom is -0.497 e. The highest BCUT2D eigenvalue weighted by Crippen LogP contribution is 2.13. The highest BCUT2D eigenvalue weighted by atomic mass is 16.5. The largest absolute Gasteiger partial charge is 0.497 e. The summed E-state index contributed by atoms with van der Waals surface area (Å²) in [7, 11) is 1.60. The van der Waals surface area contributed by atoms with Gasteiger partial charge in [-0.05, 0) is 29.7 Å². The lowest BCUT2D eigenvalue weighted by atomic mass is 10.1. The van der Waals surface area contributed by atoms with Gasteiger partial charge in [0.1, 0.15) is 5.75 Å². The second-order valence-electron chi connectivity index (χ2n) is 5.17. The van der Waals surface area contributed by atoms with E-state index in [0.717, 1.165) is 16.9 Å². The molecule has 0 radical (unpaired) electrons. The first-order chi connectivity index (χ1) is 10.7. The van der Waals surface area contributed by atoms with Crippen molar-refractivity contribution < 1.29 is 14.6 Å². The molecule has 2 aromatic rings. The number of ether oxygens (including phenoxy) is 1. The zero-order chi connectivity index (χ0) is 15.8. The minimum absolute atomic E-state index is 0.0846. The molecule has 0 saturated carbocycles. The smallest absolute Gasteiger partial charge is 0.224 e. The molecule has 0 aliphatic rings. The lowest BCUT2D eigenvalue weighted by Gasteiger charge is -2.16. The van der Waals surface area contributed by atoms with Crippen LogP contribution in [-0.2, 0) is 17.6 Å². The zero-order valence-electron chi connectivity index (χ0n) is 12.7. The van der Waals surface area contributed by atoms with Gasteiger partial charge in [-0.2, -0.15) is 0 Å². The van der Waals surface area contributed by atoms with Crippen molar-refractivity contribution in [3.05, 3.63) is 65.7 Å². The Hall–Kier alpha value is -2.33. The second-order valence-corrected chi connectivity index (χ2v) is 5.17. The Morgan fingerprint density at radius 2 is 1.86 bits per heavy atom. The van der Waals surface area contributed by atoms with Crippen molar-refractivity contribution in [1.82, 2.24) is 5.32 Å². The maximum absolute atomic E-state index is 12.1. The van der Waals surface area contributed by atoms with E-state index in [0.29, 0.717) is 6.42 Å². The number of aliphatic hydroxyl groups excluding tert-OH is 1. The molecule has 0 bridgehead atoms. The van der Waals surface area contributed by atoms with Crippen LogP contribution in [0.5, 0.6) is 5.75 Å². The molecule has 0 aliphatic heterocycles. The first kappa shape index (κ1) is 16.0. The number of hydrogen-bond acceptors (Lipinski definition) is 3. The van der Waals surface area contributed by atoms with Crippen LogP contribution in [0.25, 0.3) is 0 Å². The van der Waals surface area contributed by atoms with E-state index < -0.39 is 0 Å². The molecule has 0 saturated heterocycles. The van der Waals surface area contributed by atoms with Crippen LogP contribution >= 0.6 is 0 Å². The molecule has 4 heteroatoms. The lowest BCUT2D eigenvalue weighted by molar-refractivity contribution is -0.121. The van der Waals surface area contributed by atoms with E-state index in [-0.39, 0.29) is 25.0 Å². The summed E-state index contributed by atoms with van der Waals surface area (Å²) >= 11 is 0. The second kappa shape index (κ2) is 8.20. The Balaban J connectivity index is 1.91. The molecular formula is C18H21NO3. The van der Waals surface area contributed by atoms with Gasteiger partial charge in [-0.3, -0.25) is 4.79 Å². The SMILES string of the molecule is COc1cccc(CC(=O)NC(CO)Cc2ccccc2)c1. The van der Waals surface area contributed by atoms with Crippen molar-refractivity contribution >= 4 is 5.91 Å². The van der Waals surface area contributed by atoms with Crippen molar-refractivity contribution in [3.63, 3.8) is 0 Å². The van der Waals surface area contributed by atoms with Crippen molar-refractivity contribution in [2.45, 2.75) is 18.9 Å². The zero-order valence-corrected chi connectivity index (χ0v) is 12.7. The van der Waals surface area contributed by atoms with Gasteiger partial charge in [-0.25, -0.2) is 0 Å². The number of carbonyl (C=O) groups excluding carboxylic acids is 1. The van der Waals surface area contributed by atoms with Gasteiger partial charge in [0.05, 0.1) is 26.2 Å². The molecule has 2 N–H and O–H groups in total. The van der Waals surface area contributed by atoms with Crippen molar-refractivity contribution in [2.24, 2.45) is 0 Å².